The van der Waals surface area contributed by atoms with Gasteiger partial charge in [-0.2, -0.15) is 4.98 Å². The van der Waals surface area contributed by atoms with Gasteiger partial charge in [-0.3, -0.25) is 4.79 Å². The van der Waals surface area contributed by atoms with Crippen LogP contribution in [0.3, 0.4) is 0 Å². The van der Waals surface area contributed by atoms with Crippen LogP contribution in [-0.4, -0.2) is 27.5 Å². The minimum absolute atomic E-state index is 0.0967. The van der Waals surface area contributed by atoms with E-state index in [2.05, 4.69) is 10.1 Å². The molecule has 1 amide bonds. The Morgan fingerprint density at radius 2 is 2.04 bits per heavy atom. The van der Waals surface area contributed by atoms with Crippen LogP contribution in [0.4, 0.5) is 0 Å². The summed E-state index contributed by atoms with van der Waals surface area (Å²) in [4.78, 5) is 19.5. The molecule has 1 unspecified atom stereocenters. The van der Waals surface area contributed by atoms with Crippen LogP contribution in [0.5, 0.6) is 0 Å². The second-order valence-electron chi connectivity index (χ2n) is 6.82. The number of nitrogens with zero attached hydrogens (tertiary/aromatic N) is 3. The fraction of sp³-hybridized carbons (Fsp3) is 0.286. The van der Waals surface area contributed by atoms with Gasteiger partial charge < -0.3 is 9.42 Å². The standard InChI is InChI=1S/C21H20ClN3O2/c1-14-7-6-8-15(13-14)19-23-20(27-24-19)18-11-4-5-12-25(18)21(26)16-9-2-3-10-17(16)22/h2-3,6-10,13,18H,4-5,11-12H2,1H3. The third kappa shape index (κ3) is 3.60. The summed E-state index contributed by atoms with van der Waals surface area (Å²) in [5.74, 6) is 0.927. The summed E-state index contributed by atoms with van der Waals surface area (Å²) in [5.41, 5.74) is 2.54. The van der Waals surface area contributed by atoms with Crippen LogP contribution >= 0.6 is 11.6 Å². The molecular weight excluding hydrogens is 362 g/mol. The Labute approximate surface area is 163 Å². The third-order valence-corrected chi connectivity index (χ3v) is 5.20. The Hall–Kier alpha value is -2.66. The number of likely N-dealkylation sites (tertiary alicyclic amines) is 1. The Bertz CT molecular complexity index is 969. The molecule has 1 fully saturated rings. The monoisotopic (exact) mass is 381 g/mol. The number of carbonyl (C=O) groups excluding carboxylic acids is 1. The number of aryl methyl sites for hydroxylation is 1. The molecule has 5 nitrogen and oxygen atoms in total. The molecule has 2 aromatic carbocycles. The highest BCUT2D eigenvalue weighted by atomic mass is 35.5. The summed E-state index contributed by atoms with van der Waals surface area (Å²) in [6.45, 7) is 2.67. The van der Waals surface area contributed by atoms with Crippen molar-refractivity contribution >= 4 is 17.5 Å². The molecule has 1 saturated heterocycles. The largest absolute Gasteiger partial charge is 0.337 e. The lowest BCUT2D eigenvalue weighted by molar-refractivity contribution is 0.0561. The number of hydrogen-bond acceptors (Lipinski definition) is 4. The van der Waals surface area contributed by atoms with Gasteiger partial charge >= 0.3 is 0 Å². The first-order chi connectivity index (χ1) is 13.1. The van der Waals surface area contributed by atoms with Crippen LogP contribution in [0.15, 0.2) is 53.1 Å². The predicted octanol–water partition coefficient (Wildman–Crippen LogP) is 5.07. The van der Waals surface area contributed by atoms with Crippen molar-refractivity contribution in [2.75, 3.05) is 6.54 Å². The zero-order chi connectivity index (χ0) is 18.8. The zero-order valence-electron chi connectivity index (χ0n) is 15.1. The van der Waals surface area contributed by atoms with Crippen LogP contribution in [0, 0.1) is 6.92 Å². The zero-order valence-corrected chi connectivity index (χ0v) is 15.8. The number of aromatic nitrogens is 2. The molecule has 0 saturated carbocycles. The lowest BCUT2D eigenvalue weighted by Crippen LogP contribution is -2.38. The van der Waals surface area contributed by atoms with E-state index in [0.717, 1.165) is 30.4 Å². The molecule has 1 atom stereocenters. The summed E-state index contributed by atoms with van der Waals surface area (Å²) in [5, 5.41) is 4.59. The van der Waals surface area contributed by atoms with Crippen LogP contribution < -0.4 is 0 Å². The number of benzene rings is 2. The number of amides is 1. The molecule has 4 rings (SSSR count). The van der Waals surface area contributed by atoms with Crippen molar-refractivity contribution < 1.29 is 9.32 Å². The third-order valence-electron chi connectivity index (χ3n) is 4.87. The van der Waals surface area contributed by atoms with Gasteiger partial charge in [-0.15, -0.1) is 0 Å². The lowest BCUT2D eigenvalue weighted by Gasteiger charge is -2.33. The number of halogens is 1. The molecule has 1 aliphatic rings. The maximum absolute atomic E-state index is 13.1. The van der Waals surface area contributed by atoms with Gasteiger partial charge in [-0.1, -0.05) is 52.7 Å². The molecule has 6 heteroatoms. The van der Waals surface area contributed by atoms with E-state index in [-0.39, 0.29) is 11.9 Å². The molecule has 0 radical (unpaired) electrons. The second-order valence-corrected chi connectivity index (χ2v) is 7.22. The number of piperidine rings is 1. The van der Waals surface area contributed by atoms with Crippen molar-refractivity contribution in [3.05, 3.63) is 70.6 Å². The van der Waals surface area contributed by atoms with E-state index in [4.69, 9.17) is 16.1 Å². The van der Waals surface area contributed by atoms with Gasteiger partial charge in [0.1, 0.15) is 6.04 Å². The van der Waals surface area contributed by atoms with Gasteiger partial charge in [0, 0.05) is 12.1 Å². The van der Waals surface area contributed by atoms with E-state index in [9.17, 15) is 4.79 Å². The summed E-state index contributed by atoms with van der Waals surface area (Å²) in [6, 6.07) is 14.9. The fourth-order valence-electron chi connectivity index (χ4n) is 3.49. The van der Waals surface area contributed by atoms with Crippen molar-refractivity contribution in [2.45, 2.75) is 32.2 Å². The molecule has 0 aliphatic carbocycles. The second kappa shape index (κ2) is 7.53. The quantitative estimate of drug-likeness (QED) is 0.635. The smallest absolute Gasteiger partial charge is 0.256 e. The Morgan fingerprint density at radius 3 is 2.85 bits per heavy atom. The van der Waals surface area contributed by atoms with Gasteiger partial charge in [0.2, 0.25) is 11.7 Å². The summed E-state index contributed by atoms with van der Waals surface area (Å²) >= 11 is 6.23. The average Bonchev–Trinajstić information content (AvgIpc) is 3.18. The minimum Gasteiger partial charge on any atom is -0.337 e. The normalized spacial score (nSPS) is 17.1. The molecule has 0 N–H and O–H groups in total. The van der Waals surface area contributed by atoms with Gasteiger partial charge in [0.25, 0.3) is 5.91 Å². The first kappa shape index (κ1) is 17.7. The minimum atomic E-state index is -0.228. The molecule has 1 aliphatic heterocycles. The lowest BCUT2D eigenvalue weighted by atomic mass is 10.0. The number of hydrogen-bond donors (Lipinski definition) is 0. The maximum Gasteiger partial charge on any atom is 0.256 e. The van der Waals surface area contributed by atoms with E-state index in [1.165, 1.54) is 0 Å². The van der Waals surface area contributed by atoms with Gasteiger partial charge in [0.15, 0.2) is 0 Å². The number of rotatable bonds is 3. The van der Waals surface area contributed by atoms with E-state index < -0.39 is 0 Å². The van der Waals surface area contributed by atoms with Crippen LogP contribution in [0.2, 0.25) is 5.02 Å². The Kier molecular flexibility index (Phi) is 4.94. The SMILES string of the molecule is Cc1cccc(-c2noc(C3CCCCN3C(=O)c3ccccc3Cl)n2)c1. The highest BCUT2D eigenvalue weighted by molar-refractivity contribution is 6.33. The first-order valence-electron chi connectivity index (χ1n) is 9.09. The highest BCUT2D eigenvalue weighted by Gasteiger charge is 2.33. The summed E-state index contributed by atoms with van der Waals surface area (Å²) in [6.07, 6.45) is 2.76. The van der Waals surface area contributed by atoms with E-state index in [0.29, 0.717) is 28.8 Å². The van der Waals surface area contributed by atoms with Crippen molar-refractivity contribution in [1.29, 1.82) is 0 Å². The van der Waals surface area contributed by atoms with Crippen molar-refractivity contribution in [3.8, 4) is 11.4 Å². The topological polar surface area (TPSA) is 59.2 Å². The van der Waals surface area contributed by atoms with Crippen LogP contribution in [0.25, 0.3) is 11.4 Å². The maximum atomic E-state index is 13.1. The Balaban J connectivity index is 1.64. The molecule has 2 heterocycles. The van der Waals surface area contributed by atoms with Crippen molar-refractivity contribution in [2.24, 2.45) is 0 Å². The van der Waals surface area contributed by atoms with Gasteiger partial charge in [0.05, 0.1) is 10.6 Å². The van der Waals surface area contributed by atoms with E-state index >= 15 is 0 Å². The van der Waals surface area contributed by atoms with E-state index in [1.807, 2.05) is 43.3 Å². The molecular formula is C21H20ClN3O2. The summed E-state index contributed by atoms with van der Waals surface area (Å²) < 4.78 is 5.56. The molecule has 3 aromatic rings. The molecule has 27 heavy (non-hydrogen) atoms. The van der Waals surface area contributed by atoms with Gasteiger partial charge in [-0.05, 0) is 44.4 Å². The molecule has 0 spiro atoms. The van der Waals surface area contributed by atoms with Crippen LogP contribution in [0.1, 0.15) is 47.1 Å². The van der Waals surface area contributed by atoms with Crippen LogP contribution in [-0.2, 0) is 0 Å². The molecule has 0 bridgehead atoms. The van der Waals surface area contributed by atoms with E-state index in [1.54, 1.807) is 17.0 Å². The average molecular weight is 382 g/mol. The predicted molar refractivity (Wildman–Crippen MR) is 104 cm³/mol. The van der Waals surface area contributed by atoms with Crippen molar-refractivity contribution in [1.82, 2.24) is 15.0 Å². The van der Waals surface area contributed by atoms with Crippen molar-refractivity contribution in [3.63, 3.8) is 0 Å². The van der Waals surface area contributed by atoms with Gasteiger partial charge in [-0.25, -0.2) is 0 Å². The molecule has 138 valence electrons. The molecule has 1 aromatic heterocycles. The number of carbonyl (C=O) groups is 1. The summed E-state index contributed by atoms with van der Waals surface area (Å²) in [7, 11) is 0. The Morgan fingerprint density at radius 1 is 1.19 bits per heavy atom. The fourth-order valence-corrected chi connectivity index (χ4v) is 3.71. The highest BCUT2D eigenvalue weighted by Crippen LogP contribution is 2.33. The first-order valence-corrected chi connectivity index (χ1v) is 9.47.